The van der Waals surface area contributed by atoms with Crippen LogP contribution < -0.4 is 0 Å². The molecule has 1 atom stereocenters. The summed E-state index contributed by atoms with van der Waals surface area (Å²) in [6, 6.07) is 0. The number of carbonyl (C=O) groups excluding carboxylic acids is 3. The molecule has 0 N–H and O–H groups in total. The molecule has 0 saturated carbocycles. The molecule has 0 aliphatic carbocycles. The maximum atomic E-state index is 12.1. The van der Waals surface area contributed by atoms with Gasteiger partial charge in [0.15, 0.2) is 6.61 Å². The number of hydrogen-bond acceptors (Lipinski definition) is 4. The van der Waals surface area contributed by atoms with Crippen molar-refractivity contribution in [2.75, 3.05) is 32.8 Å². The van der Waals surface area contributed by atoms with Crippen molar-refractivity contribution in [3.63, 3.8) is 0 Å². The highest BCUT2D eigenvalue weighted by atomic mass is 16.5. The molecule has 2 rings (SSSR count). The zero-order valence-electron chi connectivity index (χ0n) is 13.4. The lowest BCUT2D eigenvalue weighted by Gasteiger charge is -2.30. The van der Waals surface area contributed by atoms with Gasteiger partial charge < -0.3 is 14.5 Å². The second kappa shape index (κ2) is 8.15. The van der Waals surface area contributed by atoms with E-state index >= 15 is 0 Å². The van der Waals surface area contributed by atoms with Crippen LogP contribution in [0.1, 0.15) is 45.4 Å². The van der Waals surface area contributed by atoms with Crippen molar-refractivity contribution in [1.29, 1.82) is 0 Å². The predicted octanol–water partition coefficient (Wildman–Crippen LogP) is 1.19. The third-order valence-electron chi connectivity index (χ3n) is 4.50. The number of ether oxygens (including phenoxy) is 1. The maximum absolute atomic E-state index is 12.1. The molecule has 22 heavy (non-hydrogen) atoms. The standard InChI is InChI=1S/C16H26N2O4/c1-13(19)18-10-6-7-14(11-18)16(21)22-12-15(20)17-8-4-2-3-5-9-17/h14H,2-12H2,1H3/t14-/m1/s1. The van der Waals surface area contributed by atoms with Crippen LogP contribution in [0.15, 0.2) is 0 Å². The number of hydrogen-bond donors (Lipinski definition) is 0. The van der Waals surface area contributed by atoms with Gasteiger partial charge in [-0.25, -0.2) is 0 Å². The first-order valence-corrected chi connectivity index (χ1v) is 8.28. The Labute approximate surface area is 131 Å². The third kappa shape index (κ3) is 4.71. The summed E-state index contributed by atoms with van der Waals surface area (Å²) in [5.41, 5.74) is 0. The van der Waals surface area contributed by atoms with Crippen LogP contribution in [0.25, 0.3) is 0 Å². The molecule has 0 aromatic heterocycles. The van der Waals surface area contributed by atoms with E-state index in [0.29, 0.717) is 13.1 Å². The second-order valence-electron chi connectivity index (χ2n) is 6.21. The van der Waals surface area contributed by atoms with Gasteiger partial charge in [0.1, 0.15) is 0 Å². The summed E-state index contributed by atoms with van der Waals surface area (Å²) >= 11 is 0. The molecule has 0 aromatic carbocycles. The molecule has 2 aliphatic heterocycles. The molecule has 0 spiro atoms. The lowest BCUT2D eigenvalue weighted by Crippen LogP contribution is -2.42. The smallest absolute Gasteiger partial charge is 0.311 e. The van der Waals surface area contributed by atoms with Crippen molar-refractivity contribution in [2.24, 2.45) is 5.92 Å². The Hall–Kier alpha value is -1.59. The van der Waals surface area contributed by atoms with E-state index in [9.17, 15) is 14.4 Å². The summed E-state index contributed by atoms with van der Waals surface area (Å²) in [7, 11) is 0. The Morgan fingerprint density at radius 3 is 2.23 bits per heavy atom. The minimum atomic E-state index is -0.353. The van der Waals surface area contributed by atoms with Crippen molar-refractivity contribution in [1.82, 2.24) is 9.80 Å². The molecular formula is C16H26N2O4. The number of nitrogens with zero attached hydrogens (tertiary/aromatic N) is 2. The zero-order chi connectivity index (χ0) is 15.9. The van der Waals surface area contributed by atoms with Crippen LogP contribution in [0.3, 0.4) is 0 Å². The van der Waals surface area contributed by atoms with Gasteiger partial charge in [-0.05, 0) is 25.7 Å². The zero-order valence-corrected chi connectivity index (χ0v) is 13.4. The van der Waals surface area contributed by atoms with Crippen molar-refractivity contribution in [3.05, 3.63) is 0 Å². The molecule has 2 heterocycles. The van der Waals surface area contributed by atoms with Gasteiger partial charge in [0.25, 0.3) is 5.91 Å². The van der Waals surface area contributed by atoms with E-state index < -0.39 is 0 Å². The van der Waals surface area contributed by atoms with Gasteiger partial charge in [-0.2, -0.15) is 0 Å². The largest absolute Gasteiger partial charge is 0.455 e. The molecular weight excluding hydrogens is 284 g/mol. The SMILES string of the molecule is CC(=O)N1CCC[C@@H](C(=O)OCC(=O)N2CCCCCC2)C1. The Morgan fingerprint density at radius 2 is 1.59 bits per heavy atom. The fraction of sp³-hybridized carbons (Fsp3) is 0.812. The van der Waals surface area contributed by atoms with Crippen LogP contribution in [-0.4, -0.2) is 60.4 Å². The van der Waals surface area contributed by atoms with Gasteiger partial charge in [0.2, 0.25) is 5.91 Å². The Balaban J connectivity index is 1.76. The van der Waals surface area contributed by atoms with Crippen molar-refractivity contribution < 1.29 is 19.1 Å². The predicted molar refractivity (Wildman–Crippen MR) is 81.0 cm³/mol. The summed E-state index contributed by atoms with van der Waals surface area (Å²) in [5.74, 6) is -0.767. The van der Waals surface area contributed by atoms with Crippen LogP contribution in [0.5, 0.6) is 0 Å². The van der Waals surface area contributed by atoms with E-state index in [1.54, 1.807) is 9.80 Å². The highest BCUT2D eigenvalue weighted by Gasteiger charge is 2.29. The molecule has 6 heteroatoms. The Bertz CT molecular complexity index is 416. The van der Waals surface area contributed by atoms with E-state index in [1.807, 2.05) is 0 Å². The van der Waals surface area contributed by atoms with Gasteiger partial charge in [0, 0.05) is 33.1 Å². The van der Waals surface area contributed by atoms with E-state index in [1.165, 1.54) is 6.92 Å². The van der Waals surface area contributed by atoms with E-state index in [4.69, 9.17) is 4.74 Å². The van der Waals surface area contributed by atoms with Gasteiger partial charge in [-0.3, -0.25) is 14.4 Å². The van der Waals surface area contributed by atoms with Crippen LogP contribution in [0.4, 0.5) is 0 Å². The Kier molecular flexibility index (Phi) is 6.21. The summed E-state index contributed by atoms with van der Waals surface area (Å²) in [5, 5.41) is 0. The average molecular weight is 310 g/mol. The van der Waals surface area contributed by atoms with Gasteiger partial charge in [0.05, 0.1) is 5.92 Å². The minimum absolute atomic E-state index is 0.0156. The highest BCUT2D eigenvalue weighted by molar-refractivity contribution is 5.82. The number of carbonyl (C=O) groups is 3. The Morgan fingerprint density at radius 1 is 0.955 bits per heavy atom. The molecule has 2 amide bonds. The molecule has 0 radical (unpaired) electrons. The molecule has 0 unspecified atom stereocenters. The number of likely N-dealkylation sites (tertiary alicyclic amines) is 2. The van der Waals surface area contributed by atoms with Crippen molar-refractivity contribution in [2.45, 2.75) is 45.4 Å². The lowest BCUT2D eigenvalue weighted by molar-refractivity contribution is -0.157. The molecule has 2 aliphatic rings. The summed E-state index contributed by atoms with van der Waals surface area (Å²) in [6.45, 7) is 3.97. The summed E-state index contributed by atoms with van der Waals surface area (Å²) in [4.78, 5) is 39.0. The molecule has 124 valence electrons. The first kappa shape index (κ1) is 16.8. The van der Waals surface area contributed by atoms with E-state index in [-0.39, 0.29) is 30.3 Å². The number of piperidine rings is 1. The van der Waals surface area contributed by atoms with Gasteiger partial charge in [-0.1, -0.05) is 12.8 Å². The monoisotopic (exact) mass is 310 g/mol. The number of esters is 1. The van der Waals surface area contributed by atoms with E-state index in [2.05, 4.69) is 0 Å². The molecule has 0 aromatic rings. The van der Waals surface area contributed by atoms with Gasteiger partial charge >= 0.3 is 5.97 Å². The summed E-state index contributed by atoms with van der Waals surface area (Å²) < 4.78 is 5.20. The molecule has 0 bridgehead atoms. The topological polar surface area (TPSA) is 66.9 Å². The van der Waals surface area contributed by atoms with Crippen molar-refractivity contribution >= 4 is 17.8 Å². The number of amides is 2. The summed E-state index contributed by atoms with van der Waals surface area (Å²) in [6.07, 6.45) is 5.89. The number of rotatable bonds is 3. The van der Waals surface area contributed by atoms with Gasteiger partial charge in [-0.15, -0.1) is 0 Å². The third-order valence-corrected chi connectivity index (χ3v) is 4.50. The van der Waals surface area contributed by atoms with Crippen molar-refractivity contribution in [3.8, 4) is 0 Å². The fourth-order valence-corrected chi connectivity index (χ4v) is 3.12. The normalized spacial score (nSPS) is 22.9. The lowest BCUT2D eigenvalue weighted by atomic mass is 9.98. The van der Waals surface area contributed by atoms with Crippen LogP contribution in [0, 0.1) is 5.92 Å². The molecule has 6 nitrogen and oxygen atoms in total. The first-order chi connectivity index (χ1) is 10.6. The van der Waals surface area contributed by atoms with E-state index in [0.717, 1.165) is 51.6 Å². The highest BCUT2D eigenvalue weighted by Crippen LogP contribution is 2.18. The first-order valence-electron chi connectivity index (χ1n) is 8.28. The molecule has 2 fully saturated rings. The minimum Gasteiger partial charge on any atom is -0.455 e. The molecule has 2 saturated heterocycles. The fourth-order valence-electron chi connectivity index (χ4n) is 3.12. The average Bonchev–Trinajstić information content (AvgIpc) is 2.81. The second-order valence-corrected chi connectivity index (χ2v) is 6.21. The van der Waals surface area contributed by atoms with Crippen LogP contribution >= 0.6 is 0 Å². The maximum Gasteiger partial charge on any atom is 0.311 e. The quantitative estimate of drug-likeness (QED) is 0.734. The van der Waals surface area contributed by atoms with Crippen LogP contribution in [-0.2, 0) is 19.1 Å². The van der Waals surface area contributed by atoms with Crippen LogP contribution in [0.2, 0.25) is 0 Å².